The third-order valence-corrected chi connectivity index (χ3v) is 6.05. The average molecular weight is 428 g/mol. The van der Waals surface area contributed by atoms with Crippen molar-refractivity contribution in [3.05, 3.63) is 29.8 Å². The van der Waals surface area contributed by atoms with Gasteiger partial charge < -0.3 is 10.1 Å². The Balaban J connectivity index is 2.65. The van der Waals surface area contributed by atoms with Crippen LogP contribution < -0.4 is 10.6 Å². The molecule has 0 bridgehead atoms. The summed E-state index contributed by atoms with van der Waals surface area (Å²) >= 11 is 0. The molecular weight excluding hydrogens is 398 g/mol. The highest BCUT2D eigenvalue weighted by molar-refractivity contribution is 7.89. The maximum atomic E-state index is 12.6. The molecule has 1 rings (SSSR count). The van der Waals surface area contributed by atoms with E-state index in [2.05, 4.69) is 10.6 Å². The molecule has 10 heteroatoms. The SMILES string of the molecule is CCN(CC)S(=O)(=O)c1cccc(C(=O)OCC(=O)NC(=O)NCCC(C)C)c1. The number of urea groups is 1. The molecule has 29 heavy (non-hydrogen) atoms. The first-order chi connectivity index (χ1) is 13.6. The zero-order chi connectivity index (χ0) is 22.0. The van der Waals surface area contributed by atoms with Gasteiger partial charge in [0, 0.05) is 19.6 Å². The van der Waals surface area contributed by atoms with Crippen molar-refractivity contribution in [2.24, 2.45) is 5.92 Å². The van der Waals surface area contributed by atoms with E-state index >= 15 is 0 Å². The molecule has 0 aliphatic rings. The molecule has 2 N–H and O–H groups in total. The van der Waals surface area contributed by atoms with Crippen molar-refractivity contribution < 1.29 is 27.5 Å². The lowest BCUT2D eigenvalue weighted by atomic mass is 10.1. The van der Waals surface area contributed by atoms with Crippen molar-refractivity contribution >= 4 is 27.9 Å². The first-order valence-electron chi connectivity index (χ1n) is 9.46. The summed E-state index contributed by atoms with van der Waals surface area (Å²) in [5.41, 5.74) is -0.00702. The lowest BCUT2D eigenvalue weighted by Gasteiger charge is -2.18. The number of amides is 3. The number of imide groups is 1. The predicted molar refractivity (Wildman–Crippen MR) is 108 cm³/mol. The van der Waals surface area contributed by atoms with E-state index in [0.717, 1.165) is 6.42 Å². The van der Waals surface area contributed by atoms with E-state index in [9.17, 15) is 22.8 Å². The van der Waals surface area contributed by atoms with Crippen LogP contribution in [0.25, 0.3) is 0 Å². The molecule has 0 aliphatic heterocycles. The largest absolute Gasteiger partial charge is 0.452 e. The molecule has 0 unspecified atom stereocenters. The molecular formula is C19H29N3O6S. The van der Waals surface area contributed by atoms with Crippen LogP contribution in [0.5, 0.6) is 0 Å². The fraction of sp³-hybridized carbons (Fsp3) is 0.526. The van der Waals surface area contributed by atoms with Gasteiger partial charge in [-0.25, -0.2) is 18.0 Å². The topological polar surface area (TPSA) is 122 Å². The number of rotatable bonds is 10. The molecule has 0 spiro atoms. The van der Waals surface area contributed by atoms with Crippen molar-refractivity contribution in [2.45, 2.75) is 39.0 Å². The van der Waals surface area contributed by atoms with Crippen molar-refractivity contribution in [2.75, 3.05) is 26.2 Å². The van der Waals surface area contributed by atoms with Gasteiger partial charge in [0.2, 0.25) is 10.0 Å². The number of sulfonamides is 1. The summed E-state index contributed by atoms with van der Waals surface area (Å²) in [6.07, 6.45) is 0.767. The number of benzene rings is 1. The Hall–Kier alpha value is -2.46. The Morgan fingerprint density at radius 3 is 2.38 bits per heavy atom. The molecule has 0 saturated heterocycles. The van der Waals surface area contributed by atoms with E-state index in [1.165, 1.54) is 28.6 Å². The number of carbonyl (C=O) groups is 3. The van der Waals surface area contributed by atoms with Crippen LogP contribution in [-0.2, 0) is 19.6 Å². The maximum Gasteiger partial charge on any atom is 0.338 e. The van der Waals surface area contributed by atoms with Gasteiger partial charge in [-0.15, -0.1) is 0 Å². The second-order valence-electron chi connectivity index (χ2n) is 6.68. The number of carbonyl (C=O) groups excluding carboxylic acids is 3. The molecule has 3 amide bonds. The third-order valence-electron chi connectivity index (χ3n) is 4.01. The second-order valence-corrected chi connectivity index (χ2v) is 8.62. The van der Waals surface area contributed by atoms with Gasteiger partial charge in [0.15, 0.2) is 6.61 Å². The molecule has 0 saturated carbocycles. The van der Waals surface area contributed by atoms with Crippen LogP contribution in [0.15, 0.2) is 29.2 Å². The Morgan fingerprint density at radius 2 is 1.79 bits per heavy atom. The number of esters is 1. The number of nitrogens with zero attached hydrogens (tertiary/aromatic N) is 1. The summed E-state index contributed by atoms with van der Waals surface area (Å²) in [6.45, 7) is 7.81. The van der Waals surface area contributed by atoms with E-state index in [1.54, 1.807) is 13.8 Å². The Morgan fingerprint density at radius 1 is 1.14 bits per heavy atom. The van der Waals surface area contributed by atoms with Gasteiger partial charge in [-0.05, 0) is 30.5 Å². The average Bonchev–Trinajstić information content (AvgIpc) is 2.66. The minimum atomic E-state index is -3.73. The minimum Gasteiger partial charge on any atom is -0.452 e. The van der Waals surface area contributed by atoms with Gasteiger partial charge in [-0.3, -0.25) is 10.1 Å². The zero-order valence-corrected chi connectivity index (χ0v) is 18.0. The van der Waals surface area contributed by atoms with E-state index in [0.29, 0.717) is 25.6 Å². The molecule has 9 nitrogen and oxygen atoms in total. The fourth-order valence-corrected chi connectivity index (χ4v) is 3.90. The Kier molecular flexibility index (Phi) is 9.76. The van der Waals surface area contributed by atoms with Gasteiger partial charge in [0.1, 0.15) is 0 Å². The highest BCUT2D eigenvalue weighted by Gasteiger charge is 2.23. The van der Waals surface area contributed by atoms with E-state index < -0.39 is 34.5 Å². The van der Waals surface area contributed by atoms with Gasteiger partial charge >= 0.3 is 12.0 Å². The number of ether oxygens (including phenoxy) is 1. The molecule has 0 aliphatic carbocycles. The van der Waals surface area contributed by atoms with Crippen LogP contribution >= 0.6 is 0 Å². The van der Waals surface area contributed by atoms with Gasteiger partial charge in [0.05, 0.1) is 10.5 Å². The lowest BCUT2D eigenvalue weighted by molar-refractivity contribution is -0.123. The quantitative estimate of drug-likeness (QED) is 0.549. The fourth-order valence-electron chi connectivity index (χ4n) is 2.39. The van der Waals surface area contributed by atoms with Crippen molar-refractivity contribution in [3.63, 3.8) is 0 Å². The molecule has 1 aromatic carbocycles. The smallest absolute Gasteiger partial charge is 0.338 e. The highest BCUT2D eigenvalue weighted by Crippen LogP contribution is 2.17. The maximum absolute atomic E-state index is 12.6. The summed E-state index contributed by atoms with van der Waals surface area (Å²) in [4.78, 5) is 35.4. The molecule has 0 heterocycles. The first kappa shape index (κ1) is 24.6. The molecule has 0 atom stereocenters. The van der Waals surface area contributed by atoms with E-state index in [1.807, 2.05) is 13.8 Å². The summed E-state index contributed by atoms with van der Waals surface area (Å²) in [5, 5.41) is 4.58. The molecule has 162 valence electrons. The zero-order valence-electron chi connectivity index (χ0n) is 17.2. The first-order valence-corrected chi connectivity index (χ1v) is 10.9. The predicted octanol–water partition coefficient (Wildman–Crippen LogP) is 1.75. The van der Waals surface area contributed by atoms with E-state index in [-0.39, 0.29) is 10.5 Å². The van der Waals surface area contributed by atoms with Crippen LogP contribution in [0.4, 0.5) is 4.79 Å². The number of hydrogen-bond acceptors (Lipinski definition) is 6. The summed E-state index contributed by atoms with van der Waals surface area (Å²) in [6, 6.07) is 4.74. The monoisotopic (exact) mass is 427 g/mol. The summed E-state index contributed by atoms with van der Waals surface area (Å²) in [5.74, 6) is -1.24. The molecule has 1 aromatic rings. The lowest BCUT2D eigenvalue weighted by Crippen LogP contribution is -2.42. The second kappa shape index (κ2) is 11.5. The number of hydrogen-bond donors (Lipinski definition) is 2. The minimum absolute atomic E-state index is 0.00702. The third kappa shape index (κ3) is 7.82. The van der Waals surface area contributed by atoms with Crippen LogP contribution in [0, 0.1) is 5.92 Å². The highest BCUT2D eigenvalue weighted by atomic mass is 32.2. The summed E-state index contributed by atoms with van der Waals surface area (Å²) < 4.78 is 31.2. The standard InChI is InChI=1S/C19H29N3O6S/c1-5-22(6-2)29(26,27)16-9-7-8-15(12-16)18(24)28-13-17(23)21-19(25)20-11-10-14(3)4/h7-9,12,14H,5-6,10-11,13H2,1-4H3,(H2,20,21,23,25). The van der Waals surface area contributed by atoms with Crippen LogP contribution in [-0.4, -0.2) is 56.9 Å². The molecule has 0 fully saturated rings. The van der Waals surface area contributed by atoms with E-state index in [4.69, 9.17) is 4.74 Å². The molecule has 0 radical (unpaired) electrons. The number of nitrogens with one attached hydrogen (secondary N) is 2. The Labute approximate surface area is 171 Å². The van der Waals surface area contributed by atoms with Crippen LogP contribution in [0.2, 0.25) is 0 Å². The van der Waals surface area contributed by atoms with Crippen molar-refractivity contribution in [1.82, 2.24) is 14.9 Å². The molecule has 0 aromatic heterocycles. The van der Waals surface area contributed by atoms with Gasteiger partial charge in [0.25, 0.3) is 5.91 Å². The normalized spacial score (nSPS) is 11.4. The van der Waals surface area contributed by atoms with Crippen molar-refractivity contribution in [3.8, 4) is 0 Å². The van der Waals surface area contributed by atoms with Gasteiger partial charge in [-0.1, -0.05) is 33.8 Å². The summed E-state index contributed by atoms with van der Waals surface area (Å²) in [7, 11) is -3.73. The van der Waals surface area contributed by atoms with Crippen LogP contribution in [0.3, 0.4) is 0 Å². The Bertz CT molecular complexity index is 819. The van der Waals surface area contributed by atoms with Crippen molar-refractivity contribution in [1.29, 1.82) is 0 Å². The van der Waals surface area contributed by atoms with Gasteiger partial charge in [-0.2, -0.15) is 4.31 Å². The van der Waals surface area contributed by atoms with Crippen LogP contribution in [0.1, 0.15) is 44.5 Å².